The Balaban J connectivity index is 1.77. The fourth-order valence-corrected chi connectivity index (χ4v) is 5.04. The second-order valence-corrected chi connectivity index (χ2v) is 10.2. The molecule has 3 saturated heterocycles. The Morgan fingerprint density at radius 1 is 1.26 bits per heavy atom. The summed E-state index contributed by atoms with van der Waals surface area (Å²) < 4.78 is 28.9. The maximum atomic E-state index is 13.0. The van der Waals surface area contributed by atoms with Gasteiger partial charge in [-0.05, 0) is 6.92 Å². The van der Waals surface area contributed by atoms with Crippen molar-refractivity contribution in [3.05, 3.63) is 12.2 Å². The van der Waals surface area contributed by atoms with E-state index in [0.717, 1.165) is 0 Å². The molecule has 0 aromatic carbocycles. The smallest absolute Gasteiger partial charge is 0.256 e. The van der Waals surface area contributed by atoms with Gasteiger partial charge in [-0.15, -0.1) is 0 Å². The van der Waals surface area contributed by atoms with Gasteiger partial charge in [0.15, 0.2) is 12.3 Å². The van der Waals surface area contributed by atoms with Crippen molar-refractivity contribution in [3.63, 3.8) is 0 Å². The van der Waals surface area contributed by atoms with Crippen LogP contribution in [0.4, 0.5) is 0 Å². The van der Waals surface area contributed by atoms with Crippen LogP contribution in [0.3, 0.4) is 0 Å². The highest BCUT2D eigenvalue weighted by molar-refractivity contribution is 5.82. The van der Waals surface area contributed by atoms with Crippen LogP contribution in [0.5, 0.6) is 0 Å². The number of carbonyl (C=O) groups excluding carboxylic acids is 1. The number of rotatable bonds is 7. The van der Waals surface area contributed by atoms with Gasteiger partial charge in [0.2, 0.25) is 5.79 Å². The molecule has 11 nitrogen and oxygen atoms in total. The molecular formula is C23H39NO10. The van der Waals surface area contributed by atoms with Gasteiger partial charge in [0.25, 0.3) is 5.91 Å². The van der Waals surface area contributed by atoms with Crippen LogP contribution in [0, 0.1) is 11.3 Å². The van der Waals surface area contributed by atoms with Crippen molar-refractivity contribution in [3.8, 4) is 0 Å². The van der Waals surface area contributed by atoms with E-state index in [1.807, 2.05) is 20.8 Å². The van der Waals surface area contributed by atoms with E-state index in [1.165, 1.54) is 7.11 Å². The molecule has 0 aromatic heterocycles. The summed E-state index contributed by atoms with van der Waals surface area (Å²) in [5.74, 6) is -3.07. The quantitative estimate of drug-likeness (QED) is 0.293. The lowest BCUT2D eigenvalue weighted by Crippen LogP contribution is -2.69. The Kier molecular flexibility index (Phi) is 8.44. The first kappa shape index (κ1) is 27.4. The van der Waals surface area contributed by atoms with Crippen LogP contribution >= 0.6 is 0 Å². The fourth-order valence-electron chi connectivity index (χ4n) is 5.04. The first-order valence-electron chi connectivity index (χ1n) is 11.6. The molecule has 0 spiro atoms. The molecule has 0 unspecified atom stereocenters. The zero-order valence-corrected chi connectivity index (χ0v) is 20.5. The minimum absolute atomic E-state index is 0.0358. The highest BCUT2D eigenvalue weighted by Crippen LogP contribution is 2.43. The van der Waals surface area contributed by atoms with Gasteiger partial charge in [-0.3, -0.25) is 4.79 Å². The number of carbonyl (C=O) groups is 1. The SMILES string of the molecule is C=C1C[C@](O)([C@H](O)C(=O)N[C@@H]2OCO[C@H]3[C@@H]2O[C@H](C[C@@H](O)CO)C(C)(C)[C@@H]3OC)O[C@H](C)[C@@H]1C. The number of hydrogen-bond acceptors (Lipinski definition) is 10. The molecule has 3 heterocycles. The first-order valence-corrected chi connectivity index (χ1v) is 11.6. The average molecular weight is 490 g/mol. The summed E-state index contributed by atoms with van der Waals surface area (Å²) in [6.07, 6.45) is -6.85. The minimum atomic E-state index is -2.13. The highest BCUT2D eigenvalue weighted by atomic mass is 16.7. The van der Waals surface area contributed by atoms with E-state index < -0.39 is 72.7 Å². The summed E-state index contributed by atoms with van der Waals surface area (Å²) in [7, 11) is 1.54. The van der Waals surface area contributed by atoms with Crippen molar-refractivity contribution in [2.45, 2.75) is 95.3 Å². The monoisotopic (exact) mass is 489 g/mol. The second-order valence-electron chi connectivity index (χ2n) is 10.2. The predicted octanol–water partition coefficient (Wildman–Crippen LogP) is -0.596. The number of methoxy groups -OCH3 is 1. The van der Waals surface area contributed by atoms with Crippen molar-refractivity contribution in [1.29, 1.82) is 0 Å². The van der Waals surface area contributed by atoms with Crippen molar-refractivity contribution >= 4 is 5.91 Å². The number of fused-ring (bicyclic) bond motifs is 1. The van der Waals surface area contributed by atoms with Gasteiger partial charge < -0.3 is 49.4 Å². The van der Waals surface area contributed by atoms with Crippen LogP contribution in [0.15, 0.2) is 12.2 Å². The molecule has 0 saturated carbocycles. The standard InChI is InChI=1S/C23H39NO10/c1-11-8-23(29,34-13(3)12(11)2)18(27)20(28)24-21-17-16(31-10-32-21)19(30-6)22(4,5)15(33-17)7-14(26)9-25/h12-19,21,25-27,29H,1,7-10H2,2-6H3,(H,24,28)/t12-,13-,14-,15-,16+,17+,18-,19-,21-,23-/m1/s1. The van der Waals surface area contributed by atoms with Crippen LogP contribution in [0.1, 0.15) is 40.5 Å². The van der Waals surface area contributed by atoms with Gasteiger partial charge in [-0.1, -0.05) is 32.9 Å². The second kappa shape index (κ2) is 10.5. The van der Waals surface area contributed by atoms with Crippen LogP contribution in [-0.4, -0.2) is 102 Å². The summed E-state index contributed by atoms with van der Waals surface area (Å²) in [5.41, 5.74) is 0.0667. The summed E-state index contributed by atoms with van der Waals surface area (Å²) >= 11 is 0. The number of hydrogen-bond donors (Lipinski definition) is 5. The molecule has 5 N–H and O–H groups in total. The Hall–Kier alpha value is -1.15. The Morgan fingerprint density at radius 2 is 1.94 bits per heavy atom. The van der Waals surface area contributed by atoms with Gasteiger partial charge in [-0.25, -0.2) is 0 Å². The third kappa shape index (κ3) is 5.18. The molecule has 0 radical (unpaired) electrons. The molecule has 3 aliphatic rings. The lowest BCUT2D eigenvalue weighted by Gasteiger charge is -2.54. The zero-order chi connectivity index (χ0) is 25.4. The molecule has 3 fully saturated rings. The number of amides is 1. The lowest BCUT2D eigenvalue weighted by atomic mass is 9.72. The largest absolute Gasteiger partial charge is 0.394 e. The molecule has 3 rings (SSSR count). The molecule has 0 aromatic rings. The molecule has 1 amide bonds. The Labute approximate surface area is 200 Å². The topological polar surface area (TPSA) is 156 Å². The highest BCUT2D eigenvalue weighted by Gasteiger charge is 2.56. The van der Waals surface area contributed by atoms with Crippen LogP contribution in [0.25, 0.3) is 0 Å². The summed E-state index contributed by atoms with van der Waals surface area (Å²) in [6.45, 7) is 10.8. The zero-order valence-electron chi connectivity index (χ0n) is 20.5. The van der Waals surface area contributed by atoms with E-state index in [-0.39, 0.29) is 25.6 Å². The Morgan fingerprint density at radius 3 is 2.53 bits per heavy atom. The molecule has 10 atom stereocenters. The molecule has 0 aliphatic carbocycles. The summed E-state index contributed by atoms with van der Waals surface area (Å²) in [4.78, 5) is 13.0. The molecule has 34 heavy (non-hydrogen) atoms. The number of aliphatic hydroxyl groups is 4. The maximum Gasteiger partial charge on any atom is 0.256 e. The molecule has 3 aliphatic heterocycles. The van der Waals surface area contributed by atoms with Crippen LogP contribution in [0.2, 0.25) is 0 Å². The third-order valence-corrected chi connectivity index (χ3v) is 7.44. The van der Waals surface area contributed by atoms with Gasteiger partial charge in [0, 0.05) is 31.3 Å². The maximum absolute atomic E-state index is 13.0. The van der Waals surface area contributed by atoms with Gasteiger partial charge in [0.1, 0.15) is 19.0 Å². The predicted molar refractivity (Wildman–Crippen MR) is 118 cm³/mol. The van der Waals surface area contributed by atoms with E-state index in [1.54, 1.807) is 6.92 Å². The lowest BCUT2D eigenvalue weighted by molar-refractivity contribution is -0.332. The number of ether oxygens (including phenoxy) is 5. The van der Waals surface area contributed by atoms with Gasteiger partial charge >= 0.3 is 0 Å². The van der Waals surface area contributed by atoms with E-state index in [4.69, 9.17) is 23.7 Å². The number of aliphatic hydroxyl groups excluding tert-OH is 3. The van der Waals surface area contributed by atoms with Crippen LogP contribution in [-0.2, 0) is 28.5 Å². The van der Waals surface area contributed by atoms with Crippen molar-refractivity contribution < 1.29 is 48.9 Å². The van der Waals surface area contributed by atoms with Crippen molar-refractivity contribution in [1.82, 2.24) is 5.32 Å². The van der Waals surface area contributed by atoms with E-state index in [9.17, 15) is 25.2 Å². The summed E-state index contributed by atoms with van der Waals surface area (Å²) in [5, 5.41) is 43.5. The van der Waals surface area contributed by atoms with E-state index in [2.05, 4.69) is 11.9 Å². The van der Waals surface area contributed by atoms with Crippen molar-refractivity contribution in [2.24, 2.45) is 11.3 Å². The van der Waals surface area contributed by atoms with Gasteiger partial charge in [0.05, 0.1) is 31.0 Å². The first-order chi connectivity index (χ1) is 15.9. The minimum Gasteiger partial charge on any atom is -0.394 e. The van der Waals surface area contributed by atoms with E-state index >= 15 is 0 Å². The summed E-state index contributed by atoms with van der Waals surface area (Å²) in [6, 6.07) is 0. The van der Waals surface area contributed by atoms with E-state index in [0.29, 0.717) is 5.57 Å². The molecular weight excluding hydrogens is 450 g/mol. The van der Waals surface area contributed by atoms with Crippen molar-refractivity contribution in [2.75, 3.05) is 20.5 Å². The molecule has 0 bridgehead atoms. The average Bonchev–Trinajstić information content (AvgIpc) is 2.77. The molecule has 196 valence electrons. The fraction of sp³-hybridized carbons (Fsp3) is 0.870. The normalized spacial score (nSPS) is 41.9. The molecule has 11 heteroatoms. The number of nitrogens with one attached hydrogen (secondary N) is 1. The Bertz CT molecular complexity index is 747. The van der Waals surface area contributed by atoms with Crippen LogP contribution < -0.4 is 5.32 Å². The van der Waals surface area contributed by atoms with Gasteiger partial charge in [-0.2, -0.15) is 0 Å². The third-order valence-electron chi connectivity index (χ3n) is 7.44.